The highest BCUT2D eigenvalue weighted by Gasteiger charge is 2.56. The highest BCUT2D eigenvalue weighted by molar-refractivity contribution is 6.07. The third-order valence-corrected chi connectivity index (χ3v) is 5.18. The molecule has 24 heavy (non-hydrogen) atoms. The van der Waals surface area contributed by atoms with Crippen LogP contribution < -0.4 is 10.6 Å². The Kier molecular flexibility index (Phi) is 5.17. The van der Waals surface area contributed by atoms with E-state index in [4.69, 9.17) is 0 Å². The number of nitrogens with one attached hydrogen (secondary N) is 2. The Bertz CT molecular complexity index is 588. The Morgan fingerprint density at radius 3 is 2.21 bits per heavy atom. The molecule has 3 rings (SSSR count). The predicted octanol–water partition coefficient (Wildman–Crippen LogP) is 3.06. The molecule has 0 aliphatic heterocycles. The van der Waals surface area contributed by atoms with Crippen LogP contribution in [0.1, 0.15) is 56.9 Å². The van der Waals surface area contributed by atoms with Crippen molar-refractivity contribution in [2.24, 2.45) is 5.41 Å². The van der Waals surface area contributed by atoms with Gasteiger partial charge >= 0.3 is 0 Å². The monoisotopic (exact) mass is 332 g/mol. The second-order valence-corrected chi connectivity index (χ2v) is 7.05. The van der Waals surface area contributed by atoms with Gasteiger partial charge in [0, 0.05) is 12.6 Å². The maximum absolute atomic E-state index is 12.9. The molecule has 2 saturated carbocycles. The quantitative estimate of drug-likeness (QED) is 0.643. The minimum Gasteiger partial charge on any atom is -0.352 e. The molecule has 4 nitrogen and oxygen atoms in total. The van der Waals surface area contributed by atoms with Gasteiger partial charge in [-0.1, -0.05) is 37.8 Å². The van der Waals surface area contributed by atoms with E-state index in [1.807, 2.05) is 0 Å². The molecule has 2 fully saturated rings. The van der Waals surface area contributed by atoms with Crippen LogP contribution in [-0.4, -0.2) is 17.9 Å². The maximum Gasteiger partial charge on any atom is 0.235 e. The molecule has 2 amide bonds. The van der Waals surface area contributed by atoms with Crippen LogP contribution in [0.25, 0.3) is 0 Å². The number of carbonyl (C=O) groups excluding carboxylic acids is 2. The summed E-state index contributed by atoms with van der Waals surface area (Å²) in [5, 5.41) is 5.93. The molecule has 0 radical (unpaired) electrons. The van der Waals surface area contributed by atoms with Crippen LogP contribution in [0, 0.1) is 11.2 Å². The van der Waals surface area contributed by atoms with Crippen LogP contribution in [-0.2, 0) is 16.1 Å². The average molecular weight is 332 g/mol. The molecule has 2 aliphatic rings. The summed E-state index contributed by atoms with van der Waals surface area (Å²) in [5.74, 6) is -0.629. The van der Waals surface area contributed by atoms with E-state index in [0.717, 1.165) is 31.2 Å². The summed E-state index contributed by atoms with van der Waals surface area (Å²) in [5.41, 5.74) is -0.0588. The van der Waals surface area contributed by atoms with Crippen LogP contribution in [0.3, 0.4) is 0 Å². The molecule has 0 atom stereocenters. The minimum absolute atomic E-state index is 0.119. The number of hydrogen-bond donors (Lipinski definition) is 2. The van der Waals surface area contributed by atoms with Crippen LogP contribution in [0.5, 0.6) is 0 Å². The third-order valence-electron chi connectivity index (χ3n) is 5.18. The van der Waals surface area contributed by atoms with Gasteiger partial charge in [0.25, 0.3) is 0 Å². The van der Waals surface area contributed by atoms with Gasteiger partial charge in [-0.3, -0.25) is 9.59 Å². The fourth-order valence-corrected chi connectivity index (χ4v) is 3.38. The van der Waals surface area contributed by atoms with E-state index in [0.29, 0.717) is 19.4 Å². The highest BCUT2D eigenvalue weighted by atomic mass is 19.1. The summed E-state index contributed by atoms with van der Waals surface area (Å²) in [6.45, 7) is 0.317. The van der Waals surface area contributed by atoms with E-state index in [1.165, 1.54) is 25.0 Å². The molecule has 0 saturated heterocycles. The standard InChI is InChI=1S/C19H25FN2O2/c20-15-9-7-14(8-10-15)13-21-17(23)19(11-12-19)18(24)22-16-5-3-1-2-4-6-16/h7-10,16H,1-6,11-13H2,(H,21,23)(H,22,24). The fourth-order valence-electron chi connectivity index (χ4n) is 3.38. The van der Waals surface area contributed by atoms with Gasteiger partial charge in [-0.15, -0.1) is 0 Å². The molecule has 2 N–H and O–H groups in total. The topological polar surface area (TPSA) is 58.2 Å². The van der Waals surface area contributed by atoms with Crippen molar-refractivity contribution in [2.45, 2.75) is 64.0 Å². The van der Waals surface area contributed by atoms with Gasteiger partial charge in [-0.25, -0.2) is 4.39 Å². The van der Waals surface area contributed by atoms with Crippen molar-refractivity contribution >= 4 is 11.8 Å². The first-order valence-electron chi connectivity index (χ1n) is 8.94. The van der Waals surface area contributed by atoms with Gasteiger partial charge < -0.3 is 10.6 Å². The van der Waals surface area contributed by atoms with Gasteiger partial charge in [0.2, 0.25) is 11.8 Å². The molecule has 5 heteroatoms. The summed E-state index contributed by atoms with van der Waals surface area (Å²) >= 11 is 0. The van der Waals surface area contributed by atoms with E-state index in [2.05, 4.69) is 10.6 Å². The lowest BCUT2D eigenvalue weighted by Gasteiger charge is -2.21. The number of carbonyl (C=O) groups is 2. The van der Waals surface area contributed by atoms with Crippen LogP contribution in [0.4, 0.5) is 4.39 Å². The lowest BCUT2D eigenvalue weighted by atomic mass is 10.0. The van der Waals surface area contributed by atoms with Gasteiger partial charge in [-0.2, -0.15) is 0 Å². The van der Waals surface area contributed by atoms with Crippen molar-refractivity contribution < 1.29 is 14.0 Å². The van der Waals surface area contributed by atoms with Crippen molar-refractivity contribution in [3.8, 4) is 0 Å². The molecule has 0 bridgehead atoms. The van der Waals surface area contributed by atoms with Gasteiger partial charge in [0.05, 0.1) is 0 Å². The molecule has 1 aromatic carbocycles. The lowest BCUT2D eigenvalue weighted by Crippen LogP contribution is -2.46. The predicted molar refractivity (Wildman–Crippen MR) is 89.5 cm³/mol. The first-order chi connectivity index (χ1) is 11.6. The smallest absolute Gasteiger partial charge is 0.235 e. The molecule has 1 aromatic rings. The Morgan fingerprint density at radius 2 is 1.62 bits per heavy atom. The summed E-state index contributed by atoms with van der Waals surface area (Å²) in [7, 11) is 0. The zero-order chi connectivity index (χ0) is 17.0. The molecular formula is C19H25FN2O2. The lowest BCUT2D eigenvalue weighted by molar-refractivity contribution is -0.137. The number of halogens is 1. The SMILES string of the molecule is O=C(NCc1ccc(F)cc1)C1(C(=O)NC2CCCCCC2)CC1. The van der Waals surface area contributed by atoms with E-state index < -0.39 is 5.41 Å². The van der Waals surface area contributed by atoms with E-state index in [1.54, 1.807) is 12.1 Å². The first kappa shape index (κ1) is 16.9. The average Bonchev–Trinajstić information content (AvgIpc) is 3.39. The maximum atomic E-state index is 12.9. The zero-order valence-corrected chi connectivity index (χ0v) is 13.9. The van der Waals surface area contributed by atoms with Crippen molar-refractivity contribution in [2.75, 3.05) is 0 Å². The van der Waals surface area contributed by atoms with Crippen LogP contribution in [0.15, 0.2) is 24.3 Å². The van der Waals surface area contributed by atoms with Crippen molar-refractivity contribution in [3.05, 3.63) is 35.6 Å². The molecule has 2 aliphatic carbocycles. The second kappa shape index (κ2) is 7.32. The Balaban J connectivity index is 1.53. The second-order valence-electron chi connectivity index (χ2n) is 7.05. The van der Waals surface area contributed by atoms with Gasteiger partial charge in [0.15, 0.2) is 0 Å². The van der Waals surface area contributed by atoms with Gasteiger partial charge in [0.1, 0.15) is 11.2 Å². The van der Waals surface area contributed by atoms with Crippen molar-refractivity contribution in [1.82, 2.24) is 10.6 Å². The highest BCUT2D eigenvalue weighted by Crippen LogP contribution is 2.46. The van der Waals surface area contributed by atoms with Crippen molar-refractivity contribution in [1.29, 1.82) is 0 Å². The fraction of sp³-hybridized carbons (Fsp3) is 0.579. The Hall–Kier alpha value is -1.91. The van der Waals surface area contributed by atoms with Crippen LogP contribution >= 0.6 is 0 Å². The number of rotatable bonds is 5. The molecule has 0 heterocycles. The summed E-state index contributed by atoms with van der Waals surface area (Å²) in [4.78, 5) is 25.1. The number of benzene rings is 1. The zero-order valence-electron chi connectivity index (χ0n) is 13.9. The van der Waals surface area contributed by atoms with E-state index in [-0.39, 0.29) is 23.7 Å². The molecule has 0 unspecified atom stereocenters. The van der Waals surface area contributed by atoms with Crippen LogP contribution in [0.2, 0.25) is 0 Å². The summed E-state index contributed by atoms with van der Waals surface area (Å²) in [6.07, 6.45) is 8.01. The molecule has 0 aromatic heterocycles. The largest absolute Gasteiger partial charge is 0.352 e. The summed E-state index contributed by atoms with van der Waals surface area (Å²) < 4.78 is 12.9. The first-order valence-corrected chi connectivity index (χ1v) is 8.94. The number of hydrogen-bond acceptors (Lipinski definition) is 2. The van der Waals surface area contributed by atoms with E-state index >= 15 is 0 Å². The normalized spacial score (nSPS) is 20.0. The summed E-state index contributed by atoms with van der Waals surface area (Å²) in [6, 6.07) is 6.23. The molecule has 130 valence electrons. The van der Waals surface area contributed by atoms with Gasteiger partial charge in [-0.05, 0) is 43.4 Å². The Labute approximate surface area is 142 Å². The van der Waals surface area contributed by atoms with E-state index in [9.17, 15) is 14.0 Å². The molecule has 0 spiro atoms. The third kappa shape index (κ3) is 3.94. The number of amides is 2. The Morgan fingerprint density at radius 1 is 1.00 bits per heavy atom. The minimum atomic E-state index is -0.883. The van der Waals surface area contributed by atoms with Crippen molar-refractivity contribution in [3.63, 3.8) is 0 Å². The molecular weight excluding hydrogens is 307 g/mol.